The Morgan fingerprint density at radius 1 is 0.918 bits per heavy atom. The van der Waals surface area contributed by atoms with Crippen LogP contribution >= 0.6 is 0 Å². The first-order chi connectivity index (χ1) is 23.8. The van der Waals surface area contributed by atoms with Crippen LogP contribution in [-0.4, -0.2) is 81.8 Å². The molecule has 3 aromatic rings. The molecule has 3 aromatic carbocycles. The number of esters is 1. The highest BCUT2D eigenvalue weighted by Gasteiger charge is 2.54. The largest absolute Gasteiger partial charge is 0.497 e. The van der Waals surface area contributed by atoms with E-state index in [4.69, 9.17) is 18.9 Å². The Labute approximate surface area is 291 Å². The van der Waals surface area contributed by atoms with Crippen LogP contribution < -0.4 is 14.2 Å². The third kappa shape index (κ3) is 7.90. The zero-order chi connectivity index (χ0) is 34.4. The highest BCUT2D eigenvalue weighted by molar-refractivity contribution is 5.82. The molecule has 1 heterocycles. The standard InChI is InChI=1S/C41H52N2O6/c1-42(2)27-34(28-48-38-14-6-5-11-30(38)16-15-29-10-9-12-32(24-29)46-3)49-40(45)20-19-39(44)43-23-22-41-21-8-7-13-35(41)37(43)25-31-17-18-33(47-4)26-36(31)41/h5-6,9-12,14,17-18,24,26,34-35,37H,7-8,13,15-16,19-23,25,27-28H2,1-4H3/t34-,35+,37?,41-/m0/s1. The van der Waals surface area contributed by atoms with E-state index in [1.165, 1.54) is 36.0 Å². The minimum atomic E-state index is -0.464. The number of methoxy groups -OCH3 is 2. The first-order valence-electron chi connectivity index (χ1n) is 17.9. The first kappa shape index (κ1) is 34.8. The van der Waals surface area contributed by atoms with Gasteiger partial charge in [0.05, 0.1) is 20.6 Å². The molecule has 1 aliphatic heterocycles. The van der Waals surface area contributed by atoms with E-state index in [9.17, 15) is 9.59 Å². The lowest BCUT2D eigenvalue weighted by Gasteiger charge is -2.59. The van der Waals surface area contributed by atoms with E-state index < -0.39 is 6.10 Å². The molecule has 1 unspecified atom stereocenters. The van der Waals surface area contributed by atoms with Crippen molar-refractivity contribution in [1.82, 2.24) is 9.80 Å². The lowest BCUT2D eigenvalue weighted by atomic mass is 9.52. The normalized spacial score (nSPS) is 21.7. The molecule has 2 aliphatic carbocycles. The van der Waals surface area contributed by atoms with Crippen LogP contribution in [0.15, 0.2) is 66.7 Å². The van der Waals surface area contributed by atoms with Crippen LogP contribution in [0.25, 0.3) is 0 Å². The zero-order valence-corrected chi connectivity index (χ0v) is 29.6. The van der Waals surface area contributed by atoms with Gasteiger partial charge in [0.25, 0.3) is 0 Å². The smallest absolute Gasteiger partial charge is 0.306 e. The van der Waals surface area contributed by atoms with Crippen LogP contribution in [0, 0.1) is 5.92 Å². The van der Waals surface area contributed by atoms with Crippen molar-refractivity contribution < 1.29 is 28.5 Å². The van der Waals surface area contributed by atoms with Gasteiger partial charge in [0, 0.05) is 31.0 Å². The molecule has 8 nitrogen and oxygen atoms in total. The highest BCUT2D eigenvalue weighted by Crippen LogP contribution is 2.56. The van der Waals surface area contributed by atoms with Crippen molar-refractivity contribution in [3.63, 3.8) is 0 Å². The number of carbonyl (C=O) groups excluding carboxylic acids is 2. The number of fused-ring (bicyclic) bond motifs is 1. The van der Waals surface area contributed by atoms with Crippen LogP contribution in [0.4, 0.5) is 0 Å². The Kier molecular flexibility index (Phi) is 11.1. The van der Waals surface area contributed by atoms with Crippen molar-refractivity contribution in [2.75, 3.05) is 48.0 Å². The van der Waals surface area contributed by atoms with Gasteiger partial charge in [-0.25, -0.2) is 0 Å². The molecule has 2 bridgehead atoms. The molecule has 4 atom stereocenters. The molecule has 0 spiro atoms. The molecule has 2 fully saturated rings. The number of benzene rings is 3. The minimum Gasteiger partial charge on any atom is -0.497 e. The van der Waals surface area contributed by atoms with Gasteiger partial charge in [-0.3, -0.25) is 9.59 Å². The van der Waals surface area contributed by atoms with Gasteiger partial charge in [-0.15, -0.1) is 0 Å². The molecule has 0 N–H and O–H groups in total. The van der Waals surface area contributed by atoms with Gasteiger partial charge in [-0.2, -0.15) is 0 Å². The maximum atomic E-state index is 13.8. The van der Waals surface area contributed by atoms with E-state index in [-0.39, 0.29) is 42.8 Å². The van der Waals surface area contributed by atoms with Crippen molar-refractivity contribution in [3.8, 4) is 17.2 Å². The predicted octanol–water partition coefficient (Wildman–Crippen LogP) is 6.41. The summed E-state index contributed by atoms with van der Waals surface area (Å²) < 4.78 is 23.2. The number of aryl methyl sites for hydroxylation is 2. The summed E-state index contributed by atoms with van der Waals surface area (Å²) in [5, 5.41) is 0. The van der Waals surface area contributed by atoms with Gasteiger partial charge < -0.3 is 28.7 Å². The second-order valence-corrected chi connectivity index (χ2v) is 14.3. The van der Waals surface area contributed by atoms with Crippen molar-refractivity contribution in [2.45, 2.75) is 81.8 Å². The van der Waals surface area contributed by atoms with Crippen molar-refractivity contribution in [1.29, 1.82) is 0 Å². The summed E-state index contributed by atoms with van der Waals surface area (Å²) in [6, 6.07) is 22.8. The van der Waals surface area contributed by atoms with Gasteiger partial charge in [0.1, 0.15) is 30.0 Å². The summed E-state index contributed by atoms with van der Waals surface area (Å²) in [5.41, 5.74) is 5.19. The van der Waals surface area contributed by atoms with E-state index in [1.54, 1.807) is 14.2 Å². The Morgan fingerprint density at radius 3 is 2.55 bits per heavy atom. The number of amides is 1. The summed E-state index contributed by atoms with van der Waals surface area (Å²) in [4.78, 5) is 31.0. The maximum absolute atomic E-state index is 13.8. The van der Waals surface area contributed by atoms with E-state index in [0.29, 0.717) is 12.5 Å². The highest BCUT2D eigenvalue weighted by atomic mass is 16.6. The number of rotatable bonds is 14. The second-order valence-electron chi connectivity index (χ2n) is 14.3. The average molecular weight is 669 g/mol. The lowest BCUT2D eigenvalue weighted by molar-refractivity contribution is -0.154. The SMILES string of the molecule is COc1cccc(CCc2ccccc2OC[C@H](CN(C)C)OC(=O)CCC(=O)N2CC[C@@]34CCCC[C@@H]3C2Cc2ccc(OC)cc24)c1. The average Bonchev–Trinajstić information content (AvgIpc) is 3.12. The summed E-state index contributed by atoms with van der Waals surface area (Å²) >= 11 is 0. The van der Waals surface area contributed by atoms with E-state index >= 15 is 0 Å². The van der Waals surface area contributed by atoms with Crippen LogP contribution in [0.1, 0.15) is 67.2 Å². The second kappa shape index (κ2) is 15.7. The molecule has 0 aromatic heterocycles. The third-order valence-electron chi connectivity index (χ3n) is 11.0. The quantitative estimate of drug-likeness (QED) is 0.184. The molecule has 1 saturated carbocycles. The molecule has 262 valence electrons. The number of nitrogens with zero attached hydrogens (tertiary/aromatic N) is 2. The van der Waals surface area contributed by atoms with Gasteiger partial charge in [0.15, 0.2) is 0 Å². The summed E-state index contributed by atoms with van der Waals surface area (Å²) in [7, 11) is 7.31. The zero-order valence-electron chi connectivity index (χ0n) is 29.6. The predicted molar refractivity (Wildman–Crippen MR) is 190 cm³/mol. The lowest BCUT2D eigenvalue weighted by Crippen LogP contribution is -2.62. The van der Waals surface area contributed by atoms with E-state index in [1.807, 2.05) is 55.4 Å². The molecule has 3 aliphatic rings. The number of ether oxygens (including phenoxy) is 4. The number of piperidine rings is 1. The Morgan fingerprint density at radius 2 is 1.73 bits per heavy atom. The summed E-state index contributed by atoms with van der Waals surface area (Å²) in [6.45, 7) is 1.49. The Balaban J connectivity index is 1.05. The Hall–Kier alpha value is -4.04. The molecule has 1 saturated heterocycles. The first-order valence-corrected chi connectivity index (χ1v) is 17.9. The summed E-state index contributed by atoms with van der Waals surface area (Å²) in [6.07, 6.45) is 8.00. The fraction of sp³-hybridized carbons (Fsp3) is 0.512. The van der Waals surface area contributed by atoms with E-state index in [0.717, 1.165) is 61.5 Å². The van der Waals surface area contributed by atoms with Crippen LogP contribution in [0.3, 0.4) is 0 Å². The Bertz CT molecular complexity index is 1610. The van der Waals surface area contributed by atoms with Crippen LogP contribution in [0.2, 0.25) is 0 Å². The van der Waals surface area contributed by atoms with Crippen LogP contribution in [0.5, 0.6) is 17.2 Å². The van der Waals surface area contributed by atoms with Crippen LogP contribution in [-0.2, 0) is 39.0 Å². The monoisotopic (exact) mass is 668 g/mol. The number of hydrogen-bond donors (Lipinski definition) is 0. The maximum Gasteiger partial charge on any atom is 0.306 e. The fourth-order valence-corrected chi connectivity index (χ4v) is 8.69. The van der Waals surface area contributed by atoms with Gasteiger partial charge >= 0.3 is 5.97 Å². The molecule has 8 heteroatoms. The summed E-state index contributed by atoms with van der Waals surface area (Å²) in [5.74, 6) is 2.70. The minimum absolute atomic E-state index is 0.0588. The number of likely N-dealkylation sites (tertiary alicyclic amines) is 1. The molecular weight excluding hydrogens is 616 g/mol. The molecule has 6 rings (SSSR count). The molecular formula is C41H52N2O6. The number of para-hydroxylation sites is 1. The van der Waals surface area contributed by atoms with Crippen molar-refractivity contribution >= 4 is 11.9 Å². The third-order valence-corrected chi connectivity index (χ3v) is 11.0. The fourth-order valence-electron chi connectivity index (χ4n) is 8.69. The van der Waals surface area contributed by atoms with E-state index in [2.05, 4.69) is 35.2 Å². The molecule has 49 heavy (non-hydrogen) atoms. The van der Waals surface area contributed by atoms with Gasteiger partial charge in [-0.05, 0) is 111 Å². The number of hydrogen-bond acceptors (Lipinski definition) is 7. The molecule has 0 radical (unpaired) electrons. The van der Waals surface area contributed by atoms with Gasteiger partial charge in [-0.1, -0.05) is 49.2 Å². The number of carbonyl (C=O) groups is 2. The molecule has 1 amide bonds. The van der Waals surface area contributed by atoms with Crippen molar-refractivity contribution in [2.24, 2.45) is 5.92 Å². The number of likely N-dealkylation sites (N-methyl/N-ethyl adjacent to an activating group) is 1. The topological polar surface area (TPSA) is 77.5 Å². The van der Waals surface area contributed by atoms with Crippen molar-refractivity contribution in [3.05, 3.63) is 89.0 Å². The van der Waals surface area contributed by atoms with Gasteiger partial charge in [0.2, 0.25) is 5.91 Å².